The Morgan fingerprint density at radius 1 is 1.09 bits per heavy atom. The number of aliphatic hydroxyl groups excluding tert-OH is 1. The fraction of sp³-hybridized carbons (Fsp3) is 0.613. The van der Waals surface area contributed by atoms with Crippen LogP contribution in [0.4, 0.5) is 23.2 Å². The second kappa shape index (κ2) is 13.7. The maximum atomic E-state index is 14.8. The van der Waals surface area contributed by atoms with E-state index in [-0.39, 0.29) is 23.0 Å². The Balaban J connectivity index is 0.000000544. The van der Waals surface area contributed by atoms with Gasteiger partial charge in [-0.05, 0) is 75.3 Å². The number of benzene rings is 1. The predicted octanol–water partition coefficient (Wildman–Crippen LogP) is 5.10. The van der Waals surface area contributed by atoms with Crippen LogP contribution >= 0.6 is 0 Å². The topological polar surface area (TPSA) is 117 Å². The highest BCUT2D eigenvalue weighted by Gasteiger charge is 2.51. The number of hydrogen-bond donors (Lipinski definition) is 3. The van der Waals surface area contributed by atoms with Crippen molar-refractivity contribution < 1.29 is 37.1 Å². The van der Waals surface area contributed by atoms with Crippen LogP contribution in [0, 0.1) is 24.6 Å². The van der Waals surface area contributed by atoms with Crippen molar-refractivity contribution in [3.63, 3.8) is 0 Å². The van der Waals surface area contributed by atoms with E-state index in [2.05, 4.69) is 15.7 Å². The van der Waals surface area contributed by atoms with Gasteiger partial charge in [-0.2, -0.15) is 18.3 Å². The Labute approximate surface area is 254 Å². The summed E-state index contributed by atoms with van der Waals surface area (Å²) in [5.41, 5.74) is 0.562. The van der Waals surface area contributed by atoms with Gasteiger partial charge in [0.25, 0.3) is 5.91 Å². The number of nitrogens with one attached hydrogen (secondary N) is 2. The van der Waals surface area contributed by atoms with Gasteiger partial charge in [0.15, 0.2) is 0 Å². The van der Waals surface area contributed by atoms with Crippen molar-refractivity contribution >= 4 is 23.4 Å². The number of β-amino-alcohol motifs (C(OH)–C–C–N with tert-alkyl or cyclic N) is 1. The summed E-state index contributed by atoms with van der Waals surface area (Å²) in [6.07, 6.45) is 2.63. The normalized spacial score (nSPS) is 20.6. The molecule has 1 aliphatic heterocycles. The van der Waals surface area contributed by atoms with Crippen LogP contribution in [0.5, 0.6) is 0 Å². The number of aromatic nitrogens is 2. The van der Waals surface area contributed by atoms with Gasteiger partial charge in [-0.15, -0.1) is 0 Å². The highest BCUT2D eigenvalue weighted by atomic mass is 19.4. The number of anilines is 1. The van der Waals surface area contributed by atoms with Gasteiger partial charge in [-0.1, -0.05) is 25.7 Å². The van der Waals surface area contributed by atoms with Gasteiger partial charge < -0.3 is 20.6 Å². The molecule has 0 spiro atoms. The third-order valence-corrected chi connectivity index (χ3v) is 8.27. The van der Waals surface area contributed by atoms with E-state index in [4.69, 9.17) is 0 Å². The van der Waals surface area contributed by atoms with Crippen LogP contribution in [0.15, 0.2) is 24.4 Å². The number of likely N-dealkylation sites (tertiary alicyclic amines) is 1. The fourth-order valence-electron chi connectivity index (χ4n) is 5.54. The molecule has 13 heteroatoms. The summed E-state index contributed by atoms with van der Waals surface area (Å²) in [5, 5.41) is 18.5. The van der Waals surface area contributed by atoms with E-state index in [0.717, 1.165) is 6.07 Å². The Hall–Kier alpha value is -3.48. The molecule has 2 aromatic rings. The molecular weight excluding hydrogens is 582 g/mol. The summed E-state index contributed by atoms with van der Waals surface area (Å²) in [7, 11) is 0. The number of halogens is 4. The predicted molar refractivity (Wildman–Crippen MR) is 155 cm³/mol. The van der Waals surface area contributed by atoms with Crippen LogP contribution < -0.4 is 10.6 Å². The molecule has 2 aliphatic carbocycles. The van der Waals surface area contributed by atoms with Crippen molar-refractivity contribution in [2.24, 2.45) is 11.8 Å². The molecule has 1 aromatic heterocycles. The van der Waals surface area contributed by atoms with Gasteiger partial charge in [0.2, 0.25) is 11.8 Å². The van der Waals surface area contributed by atoms with Gasteiger partial charge in [0, 0.05) is 25.2 Å². The SMILES string of the molecule is C1CC1CC1CC1.Cc1cc(NC(=O)CNC(=O)c2ccnn2C(C)C)c(F)cc1C(C)C(=O)N1CC(O)CC1C(F)(F)F. The minimum Gasteiger partial charge on any atom is -0.391 e. The van der Waals surface area contributed by atoms with Crippen LogP contribution in [-0.2, 0) is 9.59 Å². The van der Waals surface area contributed by atoms with Crippen LogP contribution in [-0.4, -0.2) is 68.9 Å². The zero-order chi connectivity index (χ0) is 32.3. The lowest BCUT2D eigenvalue weighted by Gasteiger charge is -2.29. The monoisotopic (exact) mass is 623 g/mol. The van der Waals surface area contributed by atoms with Crippen molar-refractivity contribution in [3.8, 4) is 0 Å². The first kappa shape index (κ1) is 33.4. The molecule has 44 heavy (non-hydrogen) atoms. The summed E-state index contributed by atoms with van der Waals surface area (Å²) in [6, 6.07) is 1.56. The number of amides is 3. The number of carbonyl (C=O) groups excluding carboxylic acids is 3. The third-order valence-electron chi connectivity index (χ3n) is 8.27. The first-order valence-corrected chi connectivity index (χ1v) is 15.1. The molecule has 9 nitrogen and oxygen atoms in total. The molecule has 0 bridgehead atoms. The lowest BCUT2D eigenvalue weighted by atomic mass is 9.94. The van der Waals surface area contributed by atoms with Crippen LogP contribution in [0.2, 0.25) is 0 Å². The lowest BCUT2D eigenvalue weighted by molar-refractivity contribution is -0.183. The van der Waals surface area contributed by atoms with Crippen molar-refractivity contribution in [2.75, 3.05) is 18.4 Å². The lowest BCUT2D eigenvalue weighted by Crippen LogP contribution is -2.46. The van der Waals surface area contributed by atoms with Crippen molar-refractivity contribution in [1.29, 1.82) is 0 Å². The first-order chi connectivity index (χ1) is 20.6. The smallest absolute Gasteiger partial charge is 0.391 e. The molecule has 3 N–H and O–H groups in total. The van der Waals surface area contributed by atoms with Crippen LogP contribution in [0.25, 0.3) is 0 Å². The van der Waals surface area contributed by atoms with Crippen LogP contribution in [0.1, 0.15) is 92.9 Å². The fourth-order valence-corrected chi connectivity index (χ4v) is 5.54. The van der Waals surface area contributed by atoms with E-state index in [1.54, 1.807) is 32.1 Å². The molecule has 2 saturated carbocycles. The van der Waals surface area contributed by atoms with Gasteiger partial charge in [-0.3, -0.25) is 19.1 Å². The van der Waals surface area contributed by atoms with Crippen molar-refractivity contribution in [1.82, 2.24) is 20.0 Å². The molecule has 2 heterocycles. The zero-order valence-corrected chi connectivity index (χ0v) is 25.5. The Bertz CT molecular complexity index is 1340. The Kier molecular flexibility index (Phi) is 10.4. The highest BCUT2D eigenvalue weighted by Crippen LogP contribution is 2.44. The molecule has 3 fully saturated rings. The third kappa shape index (κ3) is 8.58. The van der Waals surface area contributed by atoms with Gasteiger partial charge in [0.05, 0.1) is 24.3 Å². The van der Waals surface area contributed by atoms with E-state index in [9.17, 15) is 37.1 Å². The minimum absolute atomic E-state index is 0.0793. The summed E-state index contributed by atoms with van der Waals surface area (Å²) < 4.78 is 56.3. The summed E-state index contributed by atoms with van der Waals surface area (Å²) in [6.45, 7) is 5.65. The molecule has 0 radical (unpaired) electrons. The van der Waals surface area contributed by atoms with E-state index in [0.29, 0.717) is 10.5 Å². The van der Waals surface area contributed by atoms with Crippen molar-refractivity contribution in [3.05, 3.63) is 47.0 Å². The quantitative estimate of drug-likeness (QED) is 0.336. The summed E-state index contributed by atoms with van der Waals surface area (Å²) in [5.74, 6) is -1.78. The Morgan fingerprint density at radius 2 is 1.73 bits per heavy atom. The average Bonchev–Trinajstić information content (AvgIpc) is 3.86. The maximum Gasteiger partial charge on any atom is 0.408 e. The molecule has 3 amide bonds. The number of carbonyl (C=O) groups is 3. The number of nitrogens with zero attached hydrogens (tertiary/aromatic N) is 3. The molecule has 3 aliphatic rings. The highest BCUT2D eigenvalue weighted by molar-refractivity contribution is 5.98. The summed E-state index contributed by atoms with van der Waals surface area (Å²) >= 11 is 0. The van der Waals surface area contributed by atoms with Crippen molar-refractivity contribution in [2.45, 2.75) is 96.5 Å². The summed E-state index contributed by atoms with van der Waals surface area (Å²) in [4.78, 5) is 38.1. The van der Waals surface area contributed by atoms with E-state index in [1.165, 1.54) is 48.7 Å². The maximum absolute atomic E-state index is 14.8. The number of hydrogen-bond acceptors (Lipinski definition) is 5. The molecule has 242 valence electrons. The van der Waals surface area contributed by atoms with Gasteiger partial charge in [-0.25, -0.2) is 4.39 Å². The standard InChI is InChI=1S/C24H29F4N5O4.C7H12/c1-12(2)33-19(5-6-30-33)22(36)29-10-21(35)31-18-7-13(3)16(9-17(18)25)14(4)23(37)32-11-15(34)8-20(32)24(26,27)28;1-2-6(1)5-7-3-4-7/h5-7,9,12,14-15,20,34H,8,10-11H2,1-4H3,(H,29,36)(H,31,35);6-7H,1-5H2. The number of aryl methyl sites for hydroxylation is 1. The largest absolute Gasteiger partial charge is 0.408 e. The Morgan fingerprint density at radius 3 is 2.30 bits per heavy atom. The van der Waals surface area contributed by atoms with E-state index >= 15 is 0 Å². The number of rotatable bonds is 9. The number of alkyl halides is 3. The van der Waals surface area contributed by atoms with Gasteiger partial charge >= 0.3 is 6.18 Å². The molecule has 3 unspecified atom stereocenters. The van der Waals surface area contributed by atoms with E-state index in [1.807, 2.05) is 13.8 Å². The second-order valence-corrected chi connectivity index (χ2v) is 12.5. The first-order valence-electron chi connectivity index (χ1n) is 15.1. The molecule has 1 saturated heterocycles. The minimum atomic E-state index is -4.70. The molecular formula is C31H41F4N5O4. The van der Waals surface area contributed by atoms with Gasteiger partial charge in [0.1, 0.15) is 17.6 Å². The average molecular weight is 624 g/mol. The molecule has 5 rings (SSSR count). The zero-order valence-electron chi connectivity index (χ0n) is 25.5. The molecule has 1 aromatic carbocycles. The van der Waals surface area contributed by atoms with E-state index < -0.39 is 67.3 Å². The molecule has 3 atom stereocenters. The second-order valence-electron chi connectivity index (χ2n) is 12.5. The number of aliphatic hydroxyl groups is 1. The van der Waals surface area contributed by atoms with Crippen LogP contribution in [0.3, 0.4) is 0 Å².